The Morgan fingerprint density at radius 3 is 2.36 bits per heavy atom. The van der Waals surface area contributed by atoms with Gasteiger partial charge in [-0.1, -0.05) is 25.1 Å². The largest absolute Gasteiger partial charge is 0.353 e. The number of anilines is 1. The van der Waals surface area contributed by atoms with Gasteiger partial charge in [-0.15, -0.1) is 0 Å². The third-order valence-electron chi connectivity index (χ3n) is 7.08. The number of carbonyl (C=O) groups excluding carboxylic acids is 3. The number of piperazine rings is 1. The lowest BCUT2D eigenvalue weighted by atomic mass is 9.87. The quantitative estimate of drug-likeness (QED) is 0.688. The number of hydrogen-bond donors (Lipinski definition) is 2. The van der Waals surface area contributed by atoms with E-state index in [1.807, 2.05) is 18.0 Å². The minimum Gasteiger partial charge on any atom is -0.353 e. The van der Waals surface area contributed by atoms with Crippen LogP contribution in [0.15, 0.2) is 36.5 Å². The molecule has 3 heterocycles. The fourth-order valence-electron chi connectivity index (χ4n) is 4.91. The van der Waals surface area contributed by atoms with Crippen molar-refractivity contribution in [2.75, 3.05) is 31.1 Å². The highest BCUT2D eigenvalue weighted by Crippen LogP contribution is 2.40. The number of pyridine rings is 1. The monoisotopic (exact) mass is 447 g/mol. The molecule has 0 spiro atoms. The molecule has 2 aliphatic heterocycles. The summed E-state index contributed by atoms with van der Waals surface area (Å²) in [6.45, 7) is 6.70. The van der Waals surface area contributed by atoms with Crippen molar-refractivity contribution in [2.45, 2.75) is 44.6 Å². The zero-order chi connectivity index (χ0) is 23.2. The Labute approximate surface area is 193 Å². The summed E-state index contributed by atoms with van der Waals surface area (Å²) >= 11 is 0. The normalized spacial score (nSPS) is 22.8. The first-order valence-corrected chi connectivity index (χ1v) is 11.7. The van der Waals surface area contributed by atoms with Crippen LogP contribution in [0.25, 0.3) is 0 Å². The standard InChI is InChI=1S/C25H29N5O3/c1-3-25(23(32)27-24(33)28-25)20-8-6-18(7-9-20)22(31)30-12-10-29(11-13-30)21-16(2)14-19(15-26-21)17-4-5-17/h6-9,14-15,17H,3-5,10-13H2,1-2H3,(H2,27,28,32,33). The highest BCUT2D eigenvalue weighted by molar-refractivity contribution is 6.07. The number of aryl methyl sites for hydroxylation is 1. The smallest absolute Gasteiger partial charge is 0.322 e. The van der Waals surface area contributed by atoms with Crippen molar-refractivity contribution in [1.29, 1.82) is 0 Å². The molecule has 1 unspecified atom stereocenters. The van der Waals surface area contributed by atoms with E-state index >= 15 is 0 Å². The molecule has 33 heavy (non-hydrogen) atoms. The van der Waals surface area contributed by atoms with Gasteiger partial charge in [-0.2, -0.15) is 0 Å². The van der Waals surface area contributed by atoms with Crippen LogP contribution in [0.4, 0.5) is 10.6 Å². The molecule has 1 aromatic heterocycles. The summed E-state index contributed by atoms with van der Waals surface area (Å²) in [6, 6.07) is 8.75. The lowest BCUT2D eigenvalue weighted by Crippen LogP contribution is -2.49. The van der Waals surface area contributed by atoms with Gasteiger partial charge in [0, 0.05) is 37.9 Å². The molecular weight excluding hydrogens is 418 g/mol. The molecule has 1 saturated carbocycles. The number of hydrogen-bond acceptors (Lipinski definition) is 5. The van der Waals surface area contributed by atoms with Gasteiger partial charge in [0.1, 0.15) is 11.4 Å². The molecule has 5 rings (SSSR count). The minimum absolute atomic E-state index is 0.0274. The van der Waals surface area contributed by atoms with Crippen molar-refractivity contribution in [3.63, 3.8) is 0 Å². The Bertz CT molecular complexity index is 1100. The first kappa shape index (κ1) is 21.4. The SMILES string of the molecule is CCC1(c2ccc(C(=O)N3CCN(c4ncc(C5CC5)cc4C)CC3)cc2)NC(=O)NC1=O. The molecule has 0 radical (unpaired) electrons. The number of urea groups is 1. The molecule has 8 nitrogen and oxygen atoms in total. The van der Waals surface area contributed by atoms with Crippen LogP contribution in [0.3, 0.4) is 0 Å². The average Bonchev–Trinajstić information content (AvgIpc) is 3.63. The van der Waals surface area contributed by atoms with E-state index in [9.17, 15) is 14.4 Å². The number of aromatic nitrogens is 1. The Balaban J connectivity index is 1.24. The van der Waals surface area contributed by atoms with Crippen LogP contribution in [-0.4, -0.2) is 53.9 Å². The Morgan fingerprint density at radius 1 is 1.12 bits per heavy atom. The van der Waals surface area contributed by atoms with Gasteiger partial charge in [0.05, 0.1) is 0 Å². The number of rotatable bonds is 5. The lowest BCUT2D eigenvalue weighted by Gasteiger charge is -2.36. The number of nitrogens with one attached hydrogen (secondary N) is 2. The molecule has 1 aromatic carbocycles. The predicted molar refractivity (Wildman–Crippen MR) is 124 cm³/mol. The number of nitrogens with zero attached hydrogens (tertiary/aromatic N) is 3. The summed E-state index contributed by atoms with van der Waals surface area (Å²) in [4.78, 5) is 45.9. The van der Waals surface area contributed by atoms with Gasteiger partial charge >= 0.3 is 6.03 Å². The zero-order valence-corrected chi connectivity index (χ0v) is 19.1. The van der Waals surface area contributed by atoms with Crippen LogP contribution in [-0.2, 0) is 10.3 Å². The van der Waals surface area contributed by atoms with Crippen molar-refractivity contribution in [3.05, 3.63) is 58.8 Å². The first-order chi connectivity index (χ1) is 15.9. The van der Waals surface area contributed by atoms with Crippen LogP contribution in [0.5, 0.6) is 0 Å². The van der Waals surface area contributed by atoms with Crippen LogP contribution in [0.1, 0.15) is 59.2 Å². The molecule has 2 N–H and O–H groups in total. The van der Waals surface area contributed by atoms with E-state index in [1.165, 1.54) is 24.0 Å². The van der Waals surface area contributed by atoms with Gasteiger partial charge in [0.25, 0.3) is 11.8 Å². The van der Waals surface area contributed by atoms with E-state index in [-0.39, 0.29) is 11.8 Å². The summed E-state index contributed by atoms with van der Waals surface area (Å²) in [6.07, 6.45) is 4.97. The third-order valence-corrected chi connectivity index (χ3v) is 7.08. The van der Waals surface area contributed by atoms with Gasteiger partial charge in [0.2, 0.25) is 0 Å². The maximum atomic E-state index is 13.1. The molecule has 8 heteroatoms. The van der Waals surface area contributed by atoms with Crippen LogP contribution < -0.4 is 15.5 Å². The van der Waals surface area contributed by atoms with E-state index in [1.54, 1.807) is 24.3 Å². The summed E-state index contributed by atoms with van der Waals surface area (Å²) in [5.74, 6) is 1.31. The van der Waals surface area contributed by atoms with Crippen molar-refractivity contribution < 1.29 is 14.4 Å². The van der Waals surface area contributed by atoms with E-state index < -0.39 is 11.6 Å². The summed E-state index contributed by atoms with van der Waals surface area (Å²) in [5.41, 5.74) is 2.71. The fraction of sp³-hybridized carbons (Fsp3) is 0.440. The molecule has 4 amide bonds. The van der Waals surface area contributed by atoms with Gasteiger partial charge in [-0.3, -0.25) is 14.9 Å². The molecule has 1 aliphatic carbocycles. The zero-order valence-electron chi connectivity index (χ0n) is 19.1. The first-order valence-electron chi connectivity index (χ1n) is 11.7. The van der Waals surface area contributed by atoms with Gasteiger partial charge in [0.15, 0.2) is 0 Å². The summed E-state index contributed by atoms with van der Waals surface area (Å²) in [7, 11) is 0. The van der Waals surface area contributed by atoms with Crippen molar-refractivity contribution in [1.82, 2.24) is 20.5 Å². The van der Waals surface area contributed by atoms with Gasteiger partial charge < -0.3 is 15.1 Å². The molecule has 3 aliphatic rings. The van der Waals surface area contributed by atoms with E-state index in [0.29, 0.717) is 36.6 Å². The van der Waals surface area contributed by atoms with Crippen molar-refractivity contribution in [3.8, 4) is 0 Å². The van der Waals surface area contributed by atoms with Crippen LogP contribution in [0, 0.1) is 6.92 Å². The molecular formula is C25H29N5O3. The predicted octanol–water partition coefficient (Wildman–Crippen LogP) is 2.67. The maximum Gasteiger partial charge on any atom is 0.322 e. The van der Waals surface area contributed by atoms with Gasteiger partial charge in [-0.05, 0) is 60.9 Å². The van der Waals surface area contributed by atoms with Crippen molar-refractivity contribution in [2.24, 2.45) is 0 Å². The topological polar surface area (TPSA) is 94.6 Å². The van der Waals surface area contributed by atoms with E-state index in [0.717, 1.165) is 18.9 Å². The number of benzene rings is 1. The Morgan fingerprint density at radius 2 is 1.82 bits per heavy atom. The van der Waals surface area contributed by atoms with Crippen LogP contribution >= 0.6 is 0 Å². The van der Waals surface area contributed by atoms with Crippen LogP contribution in [0.2, 0.25) is 0 Å². The Hall–Kier alpha value is -3.42. The molecule has 3 fully saturated rings. The van der Waals surface area contributed by atoms with Gasteiger partial charge in [-0.25, -0.2) is 9.78 Å². The second kappa shape index (κ2) is 8.17. The highest BCUT2D eigenvalue weighted by atomic mass is 16.2. The summed E-state index contributed by atoms with van der Waals surface area (Å²) < 4.78 is 0. The second-order valence-electron chi connectivity index (χ2n) is 9.21. The number of carbonyl (C=O) groups is 3. The maximum absolute atomic E-state index is 13.1. The highest BCUT2D eigenvalue weighted by Gasteiger charge is 2.46. The minimum atomic E-state index is -1.08. The third kappa shape index (κ3) is 3.83. The fourth-order valence-corrected chi connectivity index (χ4v) is 4.91. The molecule has 2 saturated heterocycles. The molecule has 2 aromatic rings. The average molecular weight is 448 g/mol. The van der Waals surface area contributed by atoms with E-state index in [4.69, 9.17) is 4.98 Å². The number of amides is 4. The van der Waals surface area contributed by atoms with E-state index in [2.05, 4.69) is 28.5 Å². The molecule has 172 valence electrons. The molecule has 1 atom stereocenters. The Kier molecular flexibility index (Phi) is 5.31. The molecule has 0 bridgehead atoms. The number of imide groups is 1. The second-order valence-corrected chi connectivity index (χ2v) is 9.21. The lowest BCUT2D eigenvalue weighted by molar-refractivity contribution is -0.124. The summed E-state index contributed by atoms with van der Waals surface area (Å²) in [5, 5.41) is 5.03. The van der Waals surface area contributed by atoms with Crippen molar-refractivity contribution >= 4 is 23.7 Å².